The van der Waals surface area contributed by atoms with E-state index in [9.17, 15) is 9.59 Å². The Morgan fingerprint density at radius 2 is 1.94 bits per heavy atom. The zero-order valence-electron chi connectivity index (χ0n) is 18.9. The zero-order chi connectivity index (χ0) is 22.0. The van der Waals surface area contributed by atoms with E-state index in [4.69, 9.17) is 0 Å². The van der Waals surface area contributed by atoms with Crippen LogP contribution in [0.5, 0.6) is 0 Å². The van der Waals surface area contributed by atoms with Gasteiger partial charge in [0.2, 0.25) is 0 Å². The van der Waals surface area contributed by atoms with Crippen molar-refractivity contribution in [3.63, 3.8) is 0 Å². The van der Waals surface area contributed by atoms with E-state index >= 15 is 0 Å². The number of fused-ring (bicyclic) bond motifs is 1. The SMILES string of the molecule is CCN1CC[C@@H](CCc2ccc(NC(=O)c3cccc4c3C(=O)N(C)C4)cc2)[C@H](C)C1. The fourth-order valence-corrected chi connectivity index (χ4v) is 4.99. The molecule has 0 spiro atoms. The summed E-state index contributed by atoms with van der Waals surface area (Å²) in [7, 11) is 1.76. The molecule has 0 aliphatic carbocycles. The van der Waals surface area contributed by atoms with Gasteiger partial charge in [-0.25, -0.2) is 0 Å². The summed E-state index contributed by atoms with van der Waals surface area (Å²) in [5.74, 6) is 1.22. The molecule has 5 heteroatoms. The second-order valence-corrected chi connectivity index (χ2v) is 9.11. The molecule has 2 aromatic carbocycles. The number of benzene rings is 2. The van der Waals surface area contributed by atoms with Crippen molar-refractivity contribution in [1.82, 2.24) is 9.80 Å². The molecule has 2 aliphatic rings. The van der Waals surface area contributed by atoms with Crippen LogP contribution < -0.4 is 5.32 Å². The average molecular weight is 420 g/mol. The summed E-state index contributed by atoms with van der Waals surface area (Å²) in [5.41, 5.74) is 3.95. The fraction of sp³-hybridized carbons (Fsp3) is 0.462. The van der Waals surface area contributed by atoms with Crippen LogP contribution in [0.4, 0.5) is 5.69 Å². The van der Waals surface area contributed by atoms with Crippen molar-refractivity contribution in [2.24, 2.45) is 11.8 Å². The summed E-state index contributed by atoms with van der Waals surface area (Å²) >= 11 is 0. The van der Waals surface area contributed by atoms with E-state index in [0.29, 0.717) is 17.7 Å². The standard InChI is InChI=1S/C26H33N3O2/c1-4-29-15-14-20(18(2)16-29)11-8-19-9-12-22(13-10-19)27-25(30)23-7-5-6-21-17-28(3)26(31)24(21)23/h5-7,9-10,12-13,18,20H,4,8,11,14-17H2,1-3H3,(H,27,30)/t18-,20-/m1/s1. The van der Waals surface area contributed by atoms with E-state index in [0.717, 1.165) is 36.1 Å². The van der Waals surface area contributed by atoms with Gasteiger partial charge in [0, 0.05) is 25.8 Å². The number of carbonyl (C=O) groups is 2. The maximum absolute atomic E-state index is 12.8. The Morgan fingerprint density at radius 3 is 2.65 bits per heavy atom. The molecule has 164 valence electrons. The molecule has 0 radical (unpaired) electrons. The lowest BCUT2D eigenvalue weighted by Crippen LogP contribution is -2.39. The topological polar surface area (TPSA) is 52.7 Å². The number of carbonyl (C=O) groups excluding carboxylic acids is 2. The van der Waals surface area contributed by atoms with Gasteiger partial charge >= 0.3 is 0 Å². The lowest BCUT2D eigenvalue weighted by atomic mass is 9.83. The van der Waals surface area contributed by atoms with E-state index in [1.54, 1.807) is 18.0 Å². The van der Waals surface area contributed by atoms with Crippen molar-refractivity contribution >= 4 is 17.5 Å². The highest BCUT2D eigenvalue weighted by atomic mass is 16.2. The second-order valence-electron chi connectivity index (χ2n) is 9.11. The lowest BCUT2D eigenvalue weighted by molar-refractivity contribution is 0.0812. The Kier molecular flexibility index (Phi) is 6.42. The summed E-state index contributed by atoms with van der Waals surface area (Å²) in [6.07, 6.45) is 3.58. The number of rotatable bonds is 6. The predicted molar refractivity (Wildman–Crippen MR) is 124 cm³/mol. The number of anilines is 1. The Bertz CT molecular complexity index is 954. The fourth-order valence-electron chi connectivity index (χ4n) is 4.99. The predicted octanol–water partition coefficient (Wildman–Crippen LogP) is 4.44. The molecule has 2 aliphatic heterocycles. The Hall–Kier alpha value is -2.66. The molecule has 2 amide bonds. The third-order valence-corrected chi connectivity index (χ3v) is 6.99. The lowest BCUT2D eigenvalue weighted by Gasteiger charge is -2.36. The molecule has 1 fully saturated rings. The number of nitrogens with zero attached hydrogens (tertiary/aromatic N) is 2. The molecule has 2 atom stereocenters. The summed E-state index contributed by atoms with van der Waals surface area (Å²) in [6.45, 7) is 8.77. The number of likely N-dealkylation sites (tertiary alicyclic amines) is 1. The summed E-state index contributed by atoms with van der Waals surface area (Å²) in [4.78, 5) is 29.5. The number of aryl methyl sites for hydroxylation is 1. The van der Waals surface area contributed by atoms with E-state index in [1.165, 1.54) is 31.5 Å². The van der Waals surface area contributed by atoms with Gasteiger partial charge in [-0.1, -0.05) is 38.1 Å². The molecule has 2 aromatic rings. The number of nitrogens with one attached hydrogen (secondary N) is 1. The molecule has 5 nitrogen and oxygen atoms in total. The van der Waals surface area contributed by atoms with Crippen molar-refractivity contribution < 1.29 is 9.59 Å². The first-order valence-electron chi connectivity index (χ1n) is 11.5. The monoisotopic (exact) mass is 419 g/mol. The molecule has 31 heavy (non-hydrogen) atoms. The summed E-state index contributed by atoms with van der Waals surface area (Å²) in [5, 5.41) is 2.96. The maximum atomic E-state index is 12.8. The minimum Gasteiger partial charge on any atom is -0.337 e. The third kappa shape index (κ3) is 4.67. The van der Waals surface area contributed by atoms with Crippen LogP contribution in [0.1, 0.15) is 58.5 Å². The minimum atomic E-state index is -0.232. The zero-order valence-corrected chi connectivity index (χ0v) is 18.9. The van der Waals surface area contributed by atoms with E-state index in [2.05, 4.69) is 36.2 Å². The second kappa shape index (κ2) is 9.23. The first kappa shape index (κ1) is 21.6. The van der Waals surface area contributed by atoms with Crippen molar-refractivity contribution in [2.75, 3.05) is 32.0 Å². The molecule has 0 unspecified atom stereocenters. The van der Waals surface area contributed by atoms with Gasteiger partial charge in [-0.05, 0) is 73.5 Å². The summed E-state index contributed by atoms with van der Waals surface area (Å²) in [6, 6.07) is 13.6. The highest BCUT2D eigenvalue weighted by Gasteiger charge is 2.29. The highest BCUT2D eigenvalue weighted by Crippen LogP contribution is 2.28. The van der Waals surface area contributed by atoms with Crippen molar-refractivity contribution in [1.29, 1.82) is 0 Å². The molecule has 0 bridgehead atoms. The van der Waals surface area contributed by atoms with Crippen LogP contribution in [0.2, 0.25) is 0 Å². The van der Waals surface area contributed by atoms with Crippen LogP contribution in [0.25, 0.3) is 0 Å². The van der Waals surface area contributed by atoms with Gasteiger partial charge in [0.05, 0.1) is 11.1 Å². The van der Waals surface area contributed by atoms with Crippen LogP contribution >= 0.6 is 0 Å². The van der Waals surface area contributed by atoms with E-state index < -0.39 is 0 Å². The minimum absolute atomic E-state index is 0.0879. The van der Waals surface area contributed by atoms with Crippen molar-refractivity contribution in [2.45, 2.75) is 39.7 Å². The molecular weight excluding hydrogens is 386 g/mol. The quantitative estimate of drug-likeness (QED) is 0.753. The van der Waals surface area contributed by atoms with Gasteiger partial charge in [0.1, 0.15) is 0 Å². The van der Waals surface area contributed by atoms with E-state index in [1.807, 2.05) is 24.3 Å². The van der Waals surface area contributed by atoms with Gasteiger partial charge in [0.15, 0.2) is 0 Å². The number of amides is 2. The van der Waals surface area contributed by atoms with Gasteiger partial charge < -0.3 is 15.1 Å². The van der Waals surface area contributed by atoms with Crippen LogP contribution in [-0.4, -0.2) is 48.3 Å². The normalized spacial score (nSPS) is 21.3. The number of hydrogen-bond acceptors (Lipinski definition) is 3. The highest BCUT2D eigenvalue weighted by molar-refractivity contribution is 6.13. The van der Waals surface area contributed by atoms with Crippen molar-refractivity contribution in [3.05, 3.63) is 64.7 Å². The first-order valence-corrected chi connectivity index (χ1v) is 11.5. The number of hydrogen-bond donors (Lipinski definition) is 1. The van der Waals surface area contributed by atoms with Crippen LogP contribution in [-0.2, 0) is 13.0 Å². The largest absolute Gasteiger partial charge is 0.337 e. The molecule has 0 aromatic heterocycles. The van der Waals surface area contributed by atoms with Gasteiger partial charge in [0.25, 0.3) is 11.8 Å². The average Bonchev–Trinajstić information content (AvgIpc) is 3.07. The number of piperidine rings is 1. The Morgan fingerprint density at radius 1 is 1.16 bits per heavy atom. The third-order valence-electron chi connectivity index (χ3n) is 6.99. The molecular formula is C26H33N3O2. The first-order chi connectivity index (χ1) is 15.0. The molecule has 0 saturated carbocycles. The molecule has 1 N–H and O–H groups in total. The van der Waals surface area contributed by atoms with Crippen LogP contribution in [0.15, 0.2) is 42.5 Å². The van der Waals surface area contributed by atoms with Crippen LogP contribution in [0, 0.1) is 11.8 Å². The van der Waals surface area contributed by atoms with E-state index in [-0.39, 0.29) is 11.8 Å². The Labute approximate surface area is 185 Å². The molecule has 2 heterocycles. The van der Waals surface area contributed by atoms with Crippen LogP contribution in [0.3, 0.4) is 0 Å². The maximum Gasteiger partial charge on any atom is 0.256 e. The molecule has 4 rings (SSSR count). The van der Waals surface area contributed by atoms with Gasteiger partial charge in [-0.3, -0.25) is 9.59 Å². The van der Waals surface area contributed by atoms with Gasteiger partial charge in [-0.15, -0.1) is 0 Å². The van der Waals surface area contributed by atoms with Gasteiger partial charge in [-0.2, -0.15) is 0 Å². The van der Waals surface area contributed by atoms with Crippen molar-refractivity contribution in [3.8, 4) is 0 Å². The molecule has 1 saturated heterocycles. The smallest absolute Gasteiger partial charge is 0.256 e. The Balaban J connectivity index is 1.35. The summed E-state index contributed by atoms with van der Waals surface area (Å²) < 4.78 is 0.